The van der Waals surface area contributed by atoms with Crippen LogP contribution >= 0.6 is 0 Å². The number of aromatic nitrogens is 4. The SMILES string of the molecule is Cc1nn(CC(C)(C)CN(C)C)c2ncnc(N)c12. The molecule has 0 spiro atoms. The number of nitrogens with two attached hydrogens (primary N) is 1. The molecule has 0 amide bonds. The van der Waals surface area contributed by atoms with Crippen molar-refractivity contribution in [2.24, 2.45) is 5.41 Å². The average molecular weight is 262 g/mol. The van der Waals surface area contributed by atoms with Crippen LogP contribution in [0.2, 0.25) is 0 Å². The molecular formula is C13H22N6. The summed E-state index contributed by atoms with van der Waals surface area (Å²) in [5, 5.41) is 5.42. The van der Waals surface area contributed by atoms with E-state index in [1.807, 2.05) is 11.6 Å². The second-order valence-electron chi connectivity index (χ2n) is 6.10. The minimum atomic E-state index is 0.106. The lowest BCUT2D eigenvalue weighted by atomic mass is 9.93. The number of nitrogen functional groups attached to an aromatic ring is 1. The lowest BCUT2D eigenvalue weighted by Crippen LogP contribution is -2.32. The van der Waals surface area contributed by atoms with Crippen LogP contribution in [-0.2, 0) is 6.54 Å². The minimum absolute atomic E-state index is 0.106. The first kappa shape index (κ1) is 13.7. The van der Waals surface area contributed by atoms with E-state index in [0.29, 0.717) is 5.82 Å². The summed E-state index contributed by atoms with van der Waals surface area (Å²) in [5.74, 6) is 0.499. The molecule has 104 valence electrons. The van der Waals surface area contributed by atoms with Crippen LogP contribution in [0.5, 0.6) is 0 Å². The maximum Gasteiger partial charge on any atom is 0.163 e. The smallest absolute Gasteiger partial charge is 0.163 e. The topological polar surface area (TPSA) is 72.9 Å². The lowest BCUT2D eigenvalue weighted by Gasteiger charge is -2.28. The predicted octanol–water partition coefficient (Wildman–Crippen LogP) is 1.30. The van der Waals surface area contributed by atoms with Gasteiger partial charge in [-0.2, -0.15) is 5.10 Å². The Morgan fingerprint density at radius 1 is 1.32 bits per heavy atom. The molecular weight excluding hydrogens is 240 g/mol. The van der Waals surface area contributed by atoms with Gasteiger partial charge in [-0.05, 0) is 26.4 Å². The summed E-state index contributed by atoms with van der Waals surface area (Å²) in [5.41, 5.74) is 7.71. The molecule has 2 N–H and O–H groups in total. The molecule has 6 nitrogen and oxygen atoms in total. The summed E-state index contributed by atoms with van der Waals surface area (Å²) in [4.78, 5) is 10.5. The largest absolute Gasteiger partial charge is 0.383 e. The van der Waals surface area contributed by atoms with Gasteiger partial charge >= 0.3 is 0 Å². The summed E-state index contributed by atoms with van der Waals surface area (Å²) in [6, 6.07) is 0. The zero-order chi connectivity index (χ0) is 14.2. The van der Waals surface area contributed by atoms with Gasteiger partial charge in [-0.15, -0.1) is 0 Å². The molecule has 0 aliphatic carbocycles. The van der Waals surface area contributed by atoms with E-state index >= 15 is 0 Å². The minimum Gasteiger partial charge on any atom is -0.383 e. The predicted molar refractivity (Wildman–Crippen MR) is 76.8 cm³/mol. The van der Waals surface area contributed by atoms with E-state index in [2.05, 4.69) is 47.9 Å². The van der Waals surface area contributed by atoms with Crippen molar-refractivity contribution in [1.82, 2.24) is 24.6 Å². The Hall–Kier alpha value is -1.69. The van der Waals surface area contributed by atoms with Crippen LogP contribution < -0.4 is 5.73 Å². The molecule has 0 fully saturated rings. The molecule has 0 saturated carbocycles. The van der Waals surface area contributed by atoms with E-state index in [1.165, 1.54) is 6.33 Å². The van der Waals surface area contributed by atoms with Gasteiger partial charge in [-0.25, -0.2) is 14.6 Å². The molecule has 0 radical (unpaired) electrons. The fourth-order valence-corrected chi connectivity index (χ4v) is 2.63. The molecule has 0 bridgehead atoms. The molecule has 2 aromatic rings. The molecule has 0 saturated heterocycles. The van der Waals surface area contributed by atoms with Crippen molar-refractivity contribution in [3.05, 3.63) is 12.0 Å². The zero-order valence-corrected chi connectivity index (χ0v) is 12.3. The second-order valence-corrected chi connectivity index (χ2v) is 6.10. The van der Waals surface area contributed by atoms with Crippen molar-refractivity contribution in [2.75, 3.05) is 26.4 Å². The summed E-state index contributed by atoms with van der Waals surface area (Å²) in [6.45, 7) is 8.16. The van der Waals surface area contributed by atoms with Crippen LogP contribution in [0.4, 0.5) is 5.82 Å². The first-order valence-corrected chi connectivity index (χ1v) is 6.38. The number of hydrogen-bond acceptors (Lipinski definition) is 5. The Labute approximate surface area is 113 Å². The molecule has 0 aliphatic rings. The van der Waals surface area contributed by atoms with Crippen molar-refractivity contribution in [1.29, 1.82) is 0 Å². The van der Waals surface area contributed by atoms with Crippen molar-refractivity contribution >= 4 is 16.9 Å². The average Bonchev–Trinajstić information content (AvgIpc) is 2.54. The number of hydrogen-bond donors (Lipinski definition) is 1. The Morgan fingerprint density at radius 3 is 2.63 bits per heavy atom. The Kier molecular flexibility index (Phi) is 3.45. The van der Waals surface area contributed by atoms with Gasteiger partial charge in [0.2, 0.25) is 0 Å². The first-order valence-electron chi connectivity index (χ1n) is 6.38. The highest BCUT2D eigenvalue weighted by molar-refractivity contribution is 5.87. The van der Waals surface area contributed by atoms with Gasteiger partial charge in [0.05, 0.1) is 11.1 Å². The third-order valence-corrected chi connectivity index (χ3v) is 3.06. The van der Waals surface area contributed by atoms with Gasteiger partial charge in [0, 0.05) is 13.1 Å². The van der Waals surface area contributed by atoms with Gasteiger partial charge < -0.3 is 10.6 Å². The summed E-state index contributed by atoms with van der Waals surface area (Å²) in [6.07, 6.45) is 1.49. The van der Waals surface area contributed by atoms with Crippen LogP contribution in [0.3, 0.4) is 0 Å². The molecule has 0 aliphatic heterocycles. The van der Waals surface area contributed by atoms with Crippen LogP contribution in [0.25, 0.3) is 11.0 Å². The highest BCUT2D eigenvalue weighted by atomic mass is 15.3. The van der Waals surface area contributed by atoms with E-state index < -0.39 is 0 Å². The maximum atomic E-state index is 5.90. The van der Waals surface area contributed by atoms with E-state index in [4.69, 9.17) is 5.73 Å². The zero-order valence-electron chi connectivity index (χ0n) is 12.3. The summed E-state index contributed by atoms with van der Waals surface area (Å²) in [7, 11) is 4.16. The standard InChI is InChI=1S/C13H22N6/c1-9-10-11(14)15-8-16-12(10)19(17-9)7-13(2,3)6-18(4)5/h8H,6-7H2,1-5H3,(H2,14,15,16). The van der Waals surface area contributed by atoms with Gasteiger partial charge in [-0.1, -0.05) is 13.8 Å². The monoisotopic (exact) mass is 262 g/mol. The van der Waals surface area contributed by atoms with Crippen molar-refractivity contribution in [3.8, 4) is 0 Å². The number of nitrogens with zero attached hydrogens (tertiary/aromatic N) is 5. The van der Waals surface area contributed by atoms with Gasteiger partial charge in [0.15, 0.2) is 5.65 Å². The van der Waals surface area contributed by atoms with Crippen molar-refractivity contribution in [3.63, 3.8) is 0 Å². The summed E-state index contributed by atoms with van der Waals surface area (Å²) >= 11 is 0. The molecule has 0 unspecified atom stereocenters. The number of anilines is 1. The Balaban J connectivity index is 2.39. The highest BCUT2D eigenvalue weighted by Crippen LogP contribution is 2.25. The molecule has 19 heavy (non-hydrogen) atoms. The molecule has 0 aromatic carbocycles. The summed E-state index contributed by atoms with van der Waals surface area (Å²) < 4.78 is 1.94. The third-order valence-electron chi connectivity index (χ3n) is 3.06. The van der Waals surface area contributed by atoms with E-state index in [0.717, 1.165) is 29.8 Å². The van der Waals surface area contributed by atoms with Crippen molar-refractivity contribution < 1.29 is 0 Å². The van der Waals surface area contributed by atoms with E-state index in [1.54, 1.807) is 0 Å². The number of rotatable bonds is 4. The Morgan fingerprint density at radius 2 is 2.00 bits per heavy atom. The van der Waals surface area contributed by atoms with Crippen LogP contribution in [-0.4, -0.2) is 45.3 Å². The van der Waals surface area contributed by atoms with Crippen LogP contribution in [0.1, 0.15) is 19.5 Å². The van der Waals surface area contributed by atoms with Crippen LogP contribution in [0, 0.1) is 12.3 Å². The van der Waals surface area contributed by atoms with Crippen LogP contribution in [0.15, 0.2) is 6.33 Å². The fourth-order valence-electron chi connectivity index (χ4n) is 2.63. The van der Waals surface area contributed by atoms with E-state index in [9.17, 15) is 0 Å². The highest BCUT2D eigenvalue weighted by Gasteiger charge is 2.22. The van der Waals surface area contributed by atoms with Gasteiger partial charge in [0.1, 0.15) is 12.1 Å². The van der Waals surface area contributed by atoms with E-state index in [-0.39, 0.29) is 5.41 Å². The quantitative estimate of drug-likeness (QED) is 0.899. The number of aryl methyl sites for hydroxylation is 1. The van der Waals surface area contributed by atoms with Crippen molar-refractivity contribution in [2.45, 2.75) is 27.3 Å². The molecule has 2 rings (SSSR count). The lowest BCUT2D eigenvalue weighted by molar-refractivity contribution is 0.206. The molecule has 2 heterocycles. The normalized spacial score (nSPS) is 12.5. The maximum absolute atomic E-state index is 5.90. The Bertz CT molecular complexity index is 584. The fraction of sp³-hybridized carbons (Fsp3) is 0.615. The second kappa shape index (κ2) is 4.77. The third kappa shape index (κ3) is 2.84. The molecule has 6 heteroatoms. The number of fused-ring (bicyclic) bond motifs is 1. The molecule has 0 atom stereocenters. The van der Waals surface area contributed by atoms with Gasteiger partial charge in [0.25, 0.3) is 0 Å². The first-order chi connectivity index (χ1) is 8.80. The molecule has 2 aromatic heterocycles. The van der Waals surface area contributed by atoms with Gasteiger partial charge in [-0.3, -0.25) is 0 Å².